The molecule has 7 nitrogen and oxygen atoms in total. The van der Waals surface area contributed by atoms with Crippen LogP contribution in [0.3, 0.4) is 0 Å². The third kappa shape index (κ3) is 5.80. The highest BCUT2D eigenvalue weighted by atomic mass is 32.1. The molecule has 3 fully saturated rings. The van der Waals surface area contributed by atoms with Crippen molar-refractivity contribution in [2.45, 2.75) is 90.0 Å². The van der Waals surface area contributed by atoms with Crippen LogP contribution in [-0.4, -0.2) is 65.5 Å². The van der Waals surface area contributed by atoms with Crippen LogP contribution < -0.4 is 16.0 Å². The first-order valence-electron chi connectivity index (χ1n) is 18.1. The molecule has 4 aliphatic rings. The average Bonchev–Trinajstić information content (AvgIpc) is 3.62. The lowest BCUT2D eigenvalue weighted by Gasteiger charge is -2.57. The first kappa shape index (κ1) is 34.9. The zero-order valence-electron chi connectivity index (χ0n) is 29.3. The van der Waals surface area contributed by atoms with Crippen LogP contribution in [0.25, 0.3) is 32.1 Å². The molecule has 2 saturated heterocycles. The number of benzene rings is 2. The molecule has 3 atom stereocenters. The minimum atomic E-state index is -2.91. The third-order valence-corrected chi connectivity index (χ3v) is 12.2. The predicted octanol–water partition coefficient (Wildman–Crippen LogP) is 8.10. The van der Waals surface area contributed by atoms with Gasteiger partial charge in [-0.15, -0.1) is 11.3 Å². The maximum absolute atomic E-state index is 17.0. The number of thiophene rings is 1. The topological polar surface area (TPSA) is 87.4 Å². The Morgan fingerprint density at radius 2 is 1.94 bits per heavy atom. The summed E-state index contributed by atoms with van der Waals surface area (Å²) in [7, 11) is 1.94. The van der Waals surface area contributed by atoms with Crippen LogP contribution in [-0.2, 0) is 17.6 Å². The fourth-order valence-electron chi connectivity index (χ4n) is 8.38. The van der Waals surface area contributed by atoms with Gasteiger partial charge in [-0.05, 0) is 74.0 Å². The monoisotopic (exact) mass is 710 g/mol. The second-order valence-corrected chi connectivity index (χ2v) is 15.5. The van der Waals surface area contributed by atoms with Gasteiger partial charge in [0.15, 0.2) is 5.82 Å². The molecular weight excluding hydrogens is 665 g/mol. The molecule has 2 aromatic heterocycles. The summed E-state index contributed by atoms with van der Waals surface area (Å²) in [6.45, 7) is 8.67. The van der Waals surface area contributed by atoms with Crippen LogP contribution >= 0.6 is 11.3 Å². The number of anilines is 2. The Labute approximate surface area is 294 Å². The van der Waals surface area contributed by atoms with Gasteiger partial charge in [-0.1, -0.05) is 39.7 Å². The van der Waals surface area contributed by atoms with Crippen molar-refractivity contribution in [2.24, 2.45) is 11.8 Å². The number of carbonyl (C=O) groups is 1. The second kappa shape index (κ2) is 13.2. The molecule has 1 saturated carbocycles. The van der Waals surface area contributed by atoms with E-state index in [0.29, 0.717) is 75.7 Å². The summed E-state index contributed by atoms with van der Waals surface area (Å²) in [5.41, 5.74) is 8.64. The zero-order valence-corrected chi connectivity index (χ0v) is 30.1. The molecule has 0 bridgehead atoms. The van der Waals surface area contributed by atoms with Gasteiger partial charge in [0.05, 0.1) is 15.2 Å². The number of fused-ring (bicyclic) bond motifs is 3. The molecule has 0 radical (unpaired) electrons. The van der Waals surface area contributed by atoms with Crippen LogP contribution in [0.2, 0.25) is 0 Å². The average molecular weight is 711 g/mol. The number of likely N-dealkylation sites (tertiary alicyclic amines) is 1. The Hall–Kier alpha value is -3.51. The summed E-state index contributed by atoms with van der Waals surface area (Å²) in [4.78, 5) is 26.9. The highest BCUT2D eigenvalue weighted by Crippen LogP contribution is 2.53. The number of unbranched alkanes of at least 4 members (excludes halogenated alkanes) is 1. The number of nitrogens with two attached hydrogens (primary N) is 1. The smallest absolute Gasteiger partial charge is 0.260 e. The minimum Gasteiger partial charge on any atom is -0.390 e. The molecule has 12 heteroatoms. The van der Waals surface area contributed by atoms with Crippen LogP contribution in [0.15, 0.2) is 18.2 Å². The number of amides is 1. The van der Waals surface area contributed by atoms with Gasteiger partial charge in [-0.25, -0.2) is 27.5 Å². The van der Waals surface area contributed by atoms with E-state index >= 15 is 4.39 Å². The fourth-order valence-corrected chi connectivity index (χ4v) is 9.39. The summed E-state index contributed by atoms with van der Waals surface area (Å²) in [5, 5.41) is 4.95. The SMILES string of the molecule is CC.CNCCCCC(C)Cc1nc(N2CCCC3(CCN3C(=O)C3CC3(F)F)C2)c2cc3c(c(F)c2n1)-c1ccc(F)c2sc(N)c(c12)C3. The summed E-state index contributed by atoms with van der Waals surface area (Å²) < 4.78 is 60.2. The number of carbonyl (C=O) groups excluding carboxylic acids is 1. The van der Waals surface area contributed by atoms with E-state index < -0.39 is 29.1 Å². The van der Waals surface area contributed by atoms with Gasteiger partial charge >= 0.3 is 0 Å². The van der Waals surface area contributed by atoms with Crippen LogP contribution in [0.1, 0.15) is 82.7 Å². The van der Waals surface area contributed by atoms with Crippen molar-refractivity contribution in [3.63, 3.8) is 0 Å². The molecule has 1 amide bonds. The van der Waals surface area contributed by atoms with E-state index in [1.54, 1.807) is 11.0 Å². The van der Waals surface area contributed by atoms with Gasteiger partial charge in [-0.2, -0.15) is 0 Å². The van der Waals surface area contributed by atoms with Crippen LogP contribution in [0.5, 0.6) is 0 Å². The predicted molar refractivity (Wildman–Crippen MR) is 193 cm³/mol. The van der Waals surface area contributed by atoms with Crippen molar-refractivity contribution < 1.29 is 22.4 Å². The van der Waals surface area contributed by atoms with E-state index in [1.807, 2.05) is 27.0 Å². The minimum absolute atomic E-state index is 0.221. The Balaban J connectivity index is 0.00000193. The number of rotatable bonds is 9. The Morgan fingerprint density at radius 1 is 1.16 bits per heavy atom. The molecule has 3 N–H and O–H groups in total. The molecule has 268 valence electrons. The van der Waals surface area contributed by atoms with Gasteiger partial charge in [-0.3, -0.25) is 4.79 Å². The van der Waals surface area contributed by atoms with E-state index in [1.165, 1.54) is 17.4 Å². The normalized spacial score (nSPS) is 22.3. The highest BCUT2D eigenvalue weighted by molar-refractivity contribution is 7.23. The first-order chi connectivity index (χ1) is 24.0. The standard InChI is InChI=1S/C36H40F4N6OS.C2H6/c1-19(6-3-4-11-42-2)14-26-43-30-23(16-20-15-22-28-21(27(20)29(30)38)7-8-25(37)31(28)48-32(22)41)33(44-26)45-12-5-9-35(18-45)10-13-46(35)34(47)24-17-36(24,39)40;1-2/h7-8,16,19,24,42H,3-6,9-15,17-18,41H2,1-2H3;1-2H3. The number of alkyl halides is 2. The Morgan fingerprint density at radius 3 is 2.64 bits per heavy atom. The lowest BCUT2D eigenvalue weighted by Crippen LogP contribution is -2.69. The molecule has 8 rings (SSSR count). The fraction of sp³-hybridized carbons (Fsp3) is 0.553. The van der Waals surface area contributed by atoms with E-state index in [4.69, 9.17) is 15.7 Å². The molecule has 2 aromatic carbocycles. The summed E-state index contributed by atoms with van der Waals surface area (Å²) in [5.74, 6) is -3.98. The summed E-state index contributed by atoms with van der Waals surface area (Å²) in [6.07, 6.45) is 5.87. The quantitative estimate of drug-likeness (QED) is 0.119. The Bertz CT molecular complexity index is 1970. The molecule has 1 spiro atoms. The molecule has 4 heterocycles. The van der Waals surface area contributed by atoms with Crippen molar-refractivity contribution in [2.75, 3.05) is 43.9 Å². The van der Waals surface area contributed by atoms with E-state index in [9.17, 15) is 18.0 Å². The van der Waals surface area contributed by atoms with Gasteiger partial charge in [0.25, 0.3) is 5.92 Å². The molecule has 2 aliphatic carbocycles. The molecule has 4 aromatic rings. The highest BCUT2D eigenvalue weighted by Gasteiger charge is 2.65. The first-order valence-corrected chi connectivity index (χ1v) is 18.9. The number of aromatic nitrogens is 2. The number of hydrogen-bond donors (Lipinski definition) is 2. The molecule has 50 heavy (non-hydrogen) atoms. The summed E-state index contributed by atoms with van der Waals surface area (Å²) >= 11 is 1.19. The lowest BCUT2D eigenvalue weighted by atomic mass is 9.77. The zero-order chi connectivity index (χ0) is 35.5. The van der Waals surface area contributed by atoms with Crippen LogP contribution in [0.4, 0.5) is 28.4 Å². The number of hydrogen-bond acceptors (Lipinski definition) is 7. The van der Waals surface area contributed by atoms with E-state index in [2.05, 4.69) is 17.1 Å². The van der Waals surface area contributed by atoms with Crippen molar-refractivity contribution in [1.29, 1.82) is 0 Å². The van der Waals surface area contributed by atoms with Crippen molar-refractivity contribution in [3.05, 3.63) is 46.8 Å². The largest absolute Gasteiger partial charge is 0.390 e. The van der Waals surface area contributed by atoms with Gasteiger partial charge in [0.2, 0.25) is 5.91 Å². The number of nitrogens with one attached hydrogen (secondary N) is 1. The van der Waals surface area contributed by atoms with Crippen LogP contribution in [0, 0.1) is 23.5 Å². The molecule has 2 aliphatic heterocycles. The van der Waals surface area contributed by atoms with Gasteiger partial charge < -0.3 is 20.9 Å². The lowest BCUT2D eigenvalue weighted by molar-refractivity contribution is -0.152. The van der Waals surface area contributed by atoms with Gasteiger partial charge in [0.1, 0.15) is 28.9 Å². The maximum Gasteiger partial charge on any atom is 0.260 e. The summed E-state index contributed by atoms with van der Waals surface area (Å²) in [6, 6.07) is 4.97. The van der Waals surface area contributed by atoms with Crippen molar-refractivity contribution in [3.8, 4) is 11.1 Å². The molecule has 3 unspecified atom stereocenters. The Kier molecular flexibility index (Phi) is 9.24. The van der Waals surface area contributed by atoms with Gasteiger partial charge in [0, 0.05) is 55.2 Å². The number of nitrogens with zero attached hydrogens (tertiary/aromatic N) is 4. The number of halogens is 4. The maximum atomic E-state index is 17.0. The van der Waals surface area contributed by atoms with E-state index in [0.717, 1.165) is 56.2 Å². The van der Waals surface area contributed by atoms with Crippen molar-refractivity contribution in [1.82, 2.24) is 20.2 Å². The number of piperidine rings is 1. The van der Waals surface area contributed by atoms with Crippen molar-refractivity contribution >= 4 is 49.1 Å². The van der Waals surface area contributed by atoms with E-state index in [-0.39, 0.29) is 23.7 Å². The second-order valence-electron chi connectivity index (χ2n) is 14.4. The third-order valence-electron chi connectivity index (χ3n) is 11.1. The number of nitrogen functional groups attached to an aromatic ring is 1. The molecular formula is C38H46F4N6OS.